The van der Waals surface area contributed by atoms with Crippen molar-refractivity contribution in [2.45, 2.75) is 39.2 Å². The maximum absolute atomic E-state index is 12.1. The van der Waals surface area contributed by atoms with Crippen molar-refractivity contribution in [3.63, 3.8) is 0 Å². The average molecular weight is 390 g/mol. The number of aliphatic hydroxyl groups is 1. The summed E-state index contributed by atoms with van der Waals surface area (Å²) in [7, 11) is 0. The van der Waals surface area contributed by atoms with Gasteiger partial charge in [-0.25, -0.2) is 4.98 Å². The highest BCUT2D eigenvalue weighted by Crippen LogP contribution is 2.25. The number of anilines is 1. The number of hydrogen-bond donors (Lipinski definition) is 2. The van der Waals surface area contributed by atoms with Crippen molar-refractivity contribution in [1.82, 2.24) is 9.88 Å². The molecule has 7 heteroatoms. The average Bonchev–Trinajstić information content (AvgIpc) is 3.03. The number of amides is 1. The van der Waals surface area contributed by atoms with Gasteiger partial charge in [0.05, 0.1) is 6.54 Å². The van der Waals surface area contributed by atoms with Crippen LogP contribution in [0.25, 0.3) is 0 Å². The van der Waals surface area contributed by atoms with E-state index < -0.39 is 5.60 Å². The van der Waals surface area contributed by atoms with E-state index in [-0.39, 0.29) is 12.5 Å². The summed E-state index contributed by atoms with van der Waals surface area (Å²) in [5, 5.41) is 14.2. The molecule has 1 amide bonds. The molecule has 0 spiro atoms. The molecule has 1 aliphatic rings. The minimum Gasteiger partial charge on any atom is -0.491 e. The van der Waals surface area contributed by atoms with Crippen LogP contribution in [0.4, 0.5) is 5.13 Å². The normalized spacial score (nSPS) is 16.9. The van der Waals surface area contributed by atoms with Crippen LogP contribution < -0.4 is 10.1 Å². The fourth-order valence-electron chi connectivity index (χ4n) is 3.07. The maximum Gasteiger partial charge on any atom is 0.240 e. The van der Waals surface area contributed by atoms with Gasteiger partial charge < -0.3 is 15.2 Å². The standard InChI is InChI=1S/C20H27N3O3S/c1-14-4-5-17(10-15(14)2)26-13-20(25)6-8-23(9-7-20)12-18(24)22-19-21-11-16(3)27-19/h4-5,10-11,25H,6-9,12-13H2,1-3H3,(H,21,22,24). The first-order valence-corrected chi connectivity index (χ1v) is 10.0. The fourth-order valence-corrected chi connectivity index (χ4v) is 3.75. The Hall–Kier alpha value is -1.96. The highest BCUT2D eigenvalue weighted by Gasteiger charge is 2.33. The number of benzene rings is 1. The summed E-state index contributed by atoms with van der Waals surface area (Å²) in [5.41, 5.74) is 1.55. The summed E-state index contributed by atoms with van der Waals surface area (Å²) < 4.78 is 5.83. The highest BCUT2D eigenvalue weighted by atomic mass is 32.1. The maximum atomic E-state index is 12.1. The Labute approximate surface area is 164 Å². The van der Waals surface area contributed by atoms with Crippen molar-refractivity contribution < 1.29 is 14.6 Å². The van der Waals surface area contributed by atoms with E-state index in [1.807, 2.05) is 32.0 Å². The van der Waals surface area contributed by atoms with Crippen LogP contribution in [0.3, 0.4) is 0 Å². The number of nitrogens with zero attached hydrogens (tertiary/aromatic N) is 2. The van der Waals surface area contributed by atoms with Crippen LogP contribution in [-0.2, 0) is 4.79 Å². The van der Waals surface area contributed by atoms with E-state index in [1.54, 1.807) is 6.20 Å². The number of nitrogens with one attached hydrogen (secondary N) is 1. The summed E-state index contributed by atoms with van der Waals surface area (Å²) in [5.74, 6) is 0.716. The Morgan fingerprint density at radius 3 is 2.67 bits per heavy atom. The summed E-state index contributed by atoms with van der Waals surface area (Å²) in [6.07, 6.45) is 2.92. The molecule has 0 aliphatic carbocycles. The Bertz CT molecular complexity index is 798. The molecule has 0 unspecified atom stereocenters. The van der Waals surface area contributed by atoms with Crippen LogP contribution >= 0.6 is 11.3 Å². The third-order valence-electron chi connectivity index (χ3n) is 5.01. The molecule has 2 aromatic rings. The van der Waals surface area contributed by atoms with Gasteiger partial charge in [0, 0.05) is 24.2 Å². The van der Waals surface area contributed by atoms with Gasteiger partial charge in [0.1, 0.15) is 18.0 Å². The lowest BCUT2D eigenvalue weighted by Crippen LogP contribution is -2.49. The van der Waals surface area contributed by atoms with Crippen LogP contribution in [-0.4, -0.2) is 52.7 Å². The second-order valence-corrected chi connectivity index (χ2v) is 8.59. The first kappa shape index (κ1) is 19.8. The molecule has 3 rings (SSSR count). The Kier molecular flexibility index (Phi) is 6.14. The zero-order valence-corrected chi connectivity index (χ0v) is 16.9. The lowest BCUT2D eigenvalue weighted by molar-refractivity contribution is -0.119. The number of aryl methyl sites for hydroxylation is 3. The van der Waals surface area contributed by atoms with Crippen LogP contribution in [0.5, 0.6) is 5.75 Å². The van der Waals surface area contributed by atoms with Crippen molar-refractivity contribution in [2.24, 2.45) is 0 Å². The summed E-state index contributed by atoms with van der Waals surface area (Å²) >= 11 is 1.47. The highest BCUT2D eigenvalue weighted by molar-refractivity contribution is 7.15. The van der Waals surface area contributed by atoms with E-state index in [9.17, 15) is 9.90 Å². The number of hydrogen-bond acceptors (Lipinski definition) is 6. The van der Waals surface area contributed by atoms with Gasteiger partial charge in [0.2, 0.25) is 5.91 Å². The molecule has 2 heterocycles. The monoisotopic (exact) mass is 389 g/mol. The number of carbonyl (C=O) groups is 1. The number of piperidine rings is 1. The Balaban J connectivity index is 1.44. The van der Waals surface area contributed by atoms with Crippen molar-refractivity contribution in [2.75, 3.05) is 31.6 Å². The zero-order chi connectivity index (χ0) is 19.4. The van der Waals surface area contributed by atoms with Gasteiger partial charge in [-0.2, -0.15) is 0 Å². The predicted molar refractivity (Wildman–Crippen MR) is 108 cm³/mol. The second-order valence-electron chi connectivity index (χ2n) is 7.36. The van der Waals surface area contributed by atoms with Crippen LogP contribution in [0, 0.1) is 20.8 Å². The minimum absolute atomic E-state index is 0.0684. The van der Waals surface area contributed by atoms with Gasteiger partial charge in [-0.3, -0.25) is 9.69 Å². The molecule has 1 aromatic carbocycles. The Morgan fingerprint density at radius 2 is 2.04 bits per heavy atom. The van der Waals surface area contributed by atoms with Crippen molar-refractivity contribution in [3.8, 4) is 5.75 Å². The lowest BCUT2D eigenvalue weighted by atomic mass is 9.92. The van der Waals surface area contributed by atoms with Gasteiger partial charge in [0.25, 0.3) is 0 Å². The number of likely N-dealkylation sites (tertiary alicyclic amines) is 1. The molecular weight excluding hydrogens is 362 g/mol. The fraction of sp³-hybridized carbons (Fsp3) is 0.500. The second kappa shape index (κ2) is 8.37. The molecule has 1 aromatic heterocycles. The number of carbonyl (C=O) groups excluding carboxylic acids is 1. The minimum atomic E-state index is -0.849. The topological polar surface area (TPSA) is 74.7 Å². The number of ether oxygens (including phenoxy) is 1. The van der Waals surface area contributed by atoms with Crippen molar-refractivity contribution >= 4 is 22.4 Å². The molecule has 146 valence electrons. The van der Waals surface area contributed by atoms with Crippen LogP contribution in [0.2, 0.25) is 0 Å². The van der Waals surface area contributed by atoms with Crippen molar-refractivity contribution in [1.29, 1.82) is 0 Å². The van der Waals surface area contributed by atoms with Crippen LogP contribution in [0.15, 0.2) is 24.4 Å². The summed E-state index contributed by atoms with van der Waals surface area (Å²) in [4.78, 5) is 19.4. The SMILES string of the molecule is Cc1cnc(NC(=O)CN2CCC(O)(COc3ccc(C)c(C)c3)CC2)s1. The molecular formula is C20H27N3O3S. The largest absolute Gasteiger partial charge is 0.491 e. The predicted octanol–water partition coefficient (Wildman–Crippen LogP) is 2.91. The smallest absolute Gasteiger partial charge is 0.240 e. The van der Waals surface area contributed by atoms with E-state index in [1.165, 1.54) is 22.5 Å². The third-order valence-corrected chi connectivity index (χ3v) is 5.84. The third kappa shape index (κ3) is 5.51. The van der Waals surface area contributed by atoms with Gasteiger partial charge >= 0.3 is 0 Å². The first-order chi connectivity index (χ1) is 12.8. The van der Waals surface area contributed by atoms with Crippen LogP contribution in [0.1, 0.15) is 28.8 Å². The molecule has 2 N–H and O–H groups in total. The number of aromatic nitrogens is 1. The van der Waals surface area contributed by atoms with E-state index in [2.05, 4.69) is 22.1 Å². The van der Waals surface area contributed by atoms with Gasteiger partial charge in [-0.1, -0.05) is 6.07 Å². The molecule has 0 saturated carbocycles. The molecule has 0 radical (unpaired) electrons. The number of thiazole rings is 1. The molecule has 1 fully saturated rings. The summed E-state index contributed by atoms with van der Waals surface area (Å²) in [6, 6.07) is 5.96. The number of rotatable bonds is 6. The van der Waals surface area contributed by atoms with Gasteiger partial charge in [0.15, 0.2) is 5.13 Å². The zero-order valence-electron chi connectivity index (χ0n) is 16.1. The van der Waals surface area contributed by atoms with E-state index in [0.717, 1.165) is 10.6 Å². The molecule has 0 atom stereocenters. The molecule has 6 nitrogen and oxygen atoms in total. The van der Waals surface area contributed by atoms with Gasteiger partial charge in [-0.15, -0.1) is 11.3 Å². The lowest BCUT2D eigenvalue weighted by Gasteiger charge is -2.37. The van der Waals surface area contributed by atoms with E-state index in [0.29, 0.717) is 37.6 Å². The first-order valence-electron chi connectivity index (χ1n) is 9.20. The summed E-state index contributed by atoms with van der Waals surface area (Å²) in [6.45, 7) is 7.98. The van der Waals surface area contributed by atoms with Crippen molar-refractivity contribution in [3.05, 3.63) is 40.4 Å². The van der Waals surface area contributed by atoms with Gasteiger partial charge in [-0.05, 0) is 56.9 Å². The quantitative estimate of drug-likeness (QED) is 0.795. The van der Waals surface area contributed by atoms with E-state index >= 15 is 0 Å². The molecule has 27 heavy (non-hydrogen) atoms. The van der Waals surface area contributed by atoms with E-state index in [4.69, 9.17) is 4.74 Å². The molecule has 1 aliphatic heterocycles. The molecule has 1 saturated heterocycles. The Morgan fingerprint density at radius 1 is 1.30 bits per heavy atom. The molecule has 0 bridgehead atoms.